The molecule has 5 nitrogen and oxygen atoms in total. The zero-order chi connectivity index (χ0) is 16.1. The second-order valence-corrected chi connectivity index (χ2v) is 5.36. The zero-order valence-electron chi connectivity index (χ0n) is 12.6. The molecule has 2 heterocycles. The number of benzene rings is 1. The van der Waals surface area contributed by atoms with Gasteiger partial charge in [-0.3, -0.25) is 9.78 Å². The molecule has 0 aliphatic heterocycles. The highest BCUT2D eigenvalue weighted by atomic mass is 16.3. The van der Waals surface area contributed by atoms with Crippen LogP contribution in [0.3, 0.4) is 0 Å². The Labute approximate surface area is 134 Å². The van der Waals surface area contributed by atoms with Crippen LogP contribution in [0.2, 0.25) is 0 Å². The number of pyridine rings is 1. The first kappa shape index (κ1) is 15.2. The van der Waals surface area contributed by atoms with Gasteiger partial charge in [-0.2, -0.15) is 0 Å². The number of aryl methyl sites for hydroxylation is 1. The molecule has 1 aromatic carbocycles. The van der Waals surface area contributed by atoms with Crippen molar-refractivity contribution in [3.63, 3.8) is 0 Å². The lowest BCUT2D eigenvalue weighted by Crippen LogP contribution is -2.32. The van der Waals surface area contributed by atoms with Crippen LogP contribution in [0, 0.1) is 0 Å². The smallest absolute Gasteiger partial charge is 0.251 e. The summed E-state index contributed by atoms with van der Waals surface area (Å²) in [5, 5.41) is 13.8. The van der Waals surface area contributed by atoms with Crippen LogP contribution in [0.25, 0.3) is 11.0 Å². The van der Waals surface area contributed by atoms with Gasteiger partial charge in [0, 0.05) is 23.7 Å². The summed E-state index contributed by atoms with van der Waals surface area (Å²) in [4.78, 5) is 16.3. The molecule has 23 heavy (non-hydrogen) atoms. The summed E-state index contributed by atoms with van der Waals surface area (Å²) in [7, 11) is 0. The van der Waals surface area contributed by atoms with E-state index in [-0.39, 0.29) is 12.5 Å². The predicted molar refractivity (Wildman–Crippen MR) is 87.1 cm³/mol. The number of carbonyl (C=O) groups is 1. The quantitative estimate of drug-likeness (QED) is 0.733. The van der Waals surface area contributed by atoms with E-state index in [1.54, 1.807) is 24.6 Å². The molecule has 0 fully saturated rings. The van der Waals surface area contributed by atoms with Crippen molar-refractivity contribution in [1.29, 1.82) is 0 Å². The zero-order valence-corrected chi connectivity index (χ0v) is 12.6. The number of amides is 1. The van der Waals surface area contributed by atoms with Crippen molar-refractivity contribution in [2.45, 2.75) is 18.9 Å². The fourth-order valence-electron chi connectivity index (χ4n) is 2.46. The van der Waals surface area contributed by atoms with Crippen LogP contribution in [-0.2, 0) is 6.42 Å². The first-order chi connectivity index (χ1) is 11.2. The van der Waals surface area contributed by atoms with Crippen LogP contribution in [0.4, 0.5) is 0 Å². The summed E-state index contributed by atoms with van der Waals surface area (Å²) in [6, 6.07) is 12.6. The summed E-state index contributed by atoms with van der Waals surface area (Å²) < 4.78 is 5.33. The number of aromatic nitrogens is 1. The van der Waals surface area contributed by atoms with Crippen molar-refractivity contribution in [1.82, 2.24) is 10.3 Å². The molecular weight excluding hydrogens is 292 g/mol. The van der Waals surface area contributed by atoms with Gasteiger partial charge in [0.1, 0.15) is 5.58 Å². The minimum absolute atomic E-state index is 0.181. The highest BCUT2D eigenvalue weighted by Gasteiger charge is 2.11. The summed E-state index contributed by atoms with van der Waals surface area (Å²) >= 11 is 0. The Balaban J connectivity index is 1.51. The van der Waals surface area contributed by atoms with Crippen molar-refractivity contribution in [3.8, 4) is 0 Å². The number of aliphatic hydroxyl groups is 1. The molecule has 0 saturated carbocycles. The second-order valence-electron chi connectivity index (χ2n) is 5.36. The van der Waals surface area contributed by atoms with Gasteiger partial charge < -0.3 is 14.8 Å². The third kappa shape index (κ3) is 3.76. The van der Waals surface area contributed by atoms with Gasteiger partial charge in [0.15, 0.2) is 0 Å². The Kier molecular flexibility index (Phi) is 4.68. The molecule has 0 aliphatic carbocycles. The molecule has 118 valence electrons. The van der Waals surface area contributed by atoms with E-state index in [1.807, 2.05) is 30.3 Å². The molecule has 0 aliphatic rings. The molecule has 1 amide bonds. The number of nitrogens with zero attached hydrogens (tertiary/aromatic N) is 1. The highest BCUT2D eigenvalue weighted by Crippen LogP contribution is 2.19. The van der Waals surface area contributed by atoms with E-state index in [0.717, 1.165) is 16.7 Å². The van der Waals surface area contributed by atoms with E-state index < -0.39 is 6.10 Å². The lowest BCUT2D eigenvalue weighted by atomic mass is 10.1. The van der Waals surface area contributed by atoms with E-state index >= 15 is 0 Å². The molecular formula is C18H18N2O3. The highest BCUT2D eigenvalue weighted by molar-refractivity contribution is 5.94. The van der Waals surface area contributed by atoms with Gasteiger partial charge in [0.25, 0.3) is 5.91 Å². The van der Waals surface area contributed by atoms with Crippen molar-refractivity contribution in [2.24, 2.45) is 0 Å². The molecule has 1 atom stereocenters. The fourth-order valence-corrected chi connectivity index (χ4v) is 2.46. The molecule has 0 radical (unpaired) electrons. The number of furan rings is 1. The van der Waals surface area contributed by atoms with Gasteiger partial charge in [0.2, 0.25) is 0 Å². The van der Waals surface area contributed by atoms with E-state index in [9.17, 15) is 9.90 Å². The van der Waals surface area contributed by atoms with E-state index in [2.05, 4.69) is 10.3 Å². The van der Waals surface area contributed by atoms with Gasteiger partial charge in [0.05, 0.1) is 18.1 Å². The van der Waals surface area contributed by atoms with E-state index in [1.165, 1.54) is 0 Å². The number of aliphatic hydroxyl groups excluding tert-OH is 1. The maximum Gasteiger partial charge on any atom is 0.251 e. The van der Waals surface area contributed by atoms with Crippen molar-refractivity contribution in [3.05, 3.63) is 66.2 Å². The topological polar surface area (TPSA) is 75.4 Å². The fraction of sp³-hybridized carbons (Fsp3) is 0.222. The van der Waals surface area contributed by atoms with E-state index in [0.29, 0.717) is 18.4 Å². The summed E-state index contributed by atoms with van der Waals surface area (Å²) in [6.07, 6.45) is 3.86. The Morgan fingerprint density at radius 1 is 1.22 bits per heavy atom. The van der Waals surface area contributed by atoms with Gasteiger partial charge in [-0.15, -0.1) is 0 Å². The predicted octanol–water partition coefficient (Wildman–Crippen LogP) is 2.55. The molecule has 2 aromatic heterocycles. The number of fused-ring (bicyclic) bond motifs is 1. The normalized spacial score (nSPS) is 12.2. The standard InChI is InChI=1S/C18H18N2O3/c21-14(12-20-18(22)13-4-2-1-3-5-13)6-7-16-15-9-11-23-17(15)8-10-19-16/h1-5,8-11,14,21H,6-7,12H2,(H,20,22). The minimum atomic E-state index is -0.619. The molecule has 3 aromatic rings. The lowest BCUT2D eigenvalue weighted by Gasteiger charge is -2.12. The molecule has 1 unspecified atom stereocenters. The van der Waals surface area contributed by atoms with Crippen LogP contribution in [0.15, 0.2) is 59.3 Å². The molecule has 0 saturated heterocycles. The summed E-state index contributed by atoms with van der Waals surface area (Å²) in [5.74, 6) is -0.181. The molecule has 2 N–H and O–H groups in total. The monoisotopic (exact) mass is 310 g/mol. The van der Waals surface area contributed by atoms with Crippen molar-refractivity contribution < 1.29 is 14.3 Å². The summed E-state index contributed by atoms with van der Waals surface area (Å²) in [5.41, 5.74) is 2.27. The van der Waals surface area contributed by atoms with Gasteiger partial charge >= 0.3 is 0 Å². The van der Waals surface area contributed by atoms with Crippen molar-refractivity contribution >= 4 is 16.9 Å². The van der Waals surface area contributed by atoms with Crippen LogP contribution < -0.4 is 5.32 Å². The Bertz CT molecular complexity index is 783. The van der Waals surface area contributed by atoms with Crippen LogP contribution in [0.1, 0.15) is 22.5 Å². The number of rotatable bonds is 6. The van der Waals surface area contributed by atoms with Gasteiger partial charge in [-0.25, -0.2) is 0 Å². The summed E-state index contributed by atoms with van der Waals surface area (Å²) in [6.45, 7) is 0.217. The Morgan fingerprint density at radius 2 is 2.04 bits per heavy atom. The molecule has 0 spiro atoms. The number of carbonyl (C=O) groups excluding carboxylic acids is 1. The average molecular weight is 310 g/mol. The number of hydrogen-bond acceptors (Lipinski definition) is 4. The molecule has 3 rings (SSSR count). The third-order valence-corrected chi connectivity index (χ3v) is 3.71. The number of hydrogen-bond donors (Lipinski definition) is 2. The first-order valence-electron chi connectivity index (χ1n) is 7.56. The van der Waals surface area contributed by atoms with Gasteiger partial charge in [-0.05, 0) is 37.1 Å². The van der Waals surface area contributed by atoms with Crippen LogP contribution in [-0.4, -0.2) is 28.6 Å². The van der Waals surface area contributed by atoms with Gasteiger partial charge in [-0.1, -0.05) is 18.2 Å². The Hall–Kier alpha value is -2.66. The van der Waals surface area contributed by atoms with Crippen LogP contribution in [0.5, 0.6) is 0 Å². The maximum absolute atomic E-state index is 11.9. The third-order valence-electron chi connectivity index (χ3n) is 3.71. The average Bonchev–Trinajstić information content (AvgIpc) is 3.07. The largest absolute Gasteiger partial charge is 0.464 e. The maximum atomic E-state index is 11.9. The second kappa shape index (κ2) is 7.07. The Morgan fingerprint density at radius 3 is 2.87 bits per heavy atom. The lowest BCUT2D eigenvalue weighted by molar-refractivity contribution is 0.0911. The van der Waals surface area contributed by atoms with E-state index in [4.69, 9.17) is 4.42 Å². The molecule has 5 heteroatoms. The first-order valence-corrected chi connectivity index (χ1v) is 7.56. The number of nitrogens with one attached hydrogen (secondary N) is 1. The SMILES string of the molecule is O=C(NCC(O)CCc1nccc2occc12)c1ccccc1. The minimum Gasteiger partial charge on any atom is -0.464 e. The van der Waals surface area contributed by atoms with Crippen LogP contribution >= 0.6 is 0 Å². The molecule has 0 bridgehead atoms. The van der Waals surface area contributed by atoms with Crippen molar-refractivity contribution in [2.75, 3.05) is 6.54 Å².